The summed E-state index contributed by atoms with van der Waals surface area (Å²) in [5.74, 6) is 1.46. The predicted octanol–water partition coefficient (Wildman–Crippen LogP) is 2.27. The van der Waals surface area contributed by atoms with Gasteiger partial charge in [-0.1, -0.05) is 38.1 Å². The fraction of sp³-hybridized carbons (Fsp3) is 0.650. The molecule has 1 atom stereocenters. The third kappa shape index (κ3) is 6.01. The van der Waals surface area contributed by atoms with Crippen LogP contribution in [0, 0.1) is 5.92 Å². The molecular weight excluding hydrogens is 312 g/mol. The Hall–Kier alpha value is -1.59. The lowest BCUT2D eigenvalue weighted by molar-refractivity contribution is 0.140. The third-order valence-electron chi connectivity index (χ3n) is 4.92. The van der Waals surface area contributed by atoms with Crippen molar-refractivity contribution in [3.8, 4) is 0 Å². The molecular formula is C20H34N4O. The molecule has 1 aliphatic heterocycles. The molecule has 2 N–H and O–H groups in total. The Labute approximate surface area is 152 Å². The van der Waals surface area contributed by atoms with E-state index in [9.17, 15) is 0 Å². The summed E-state index contributed by atoms with van der Waals surface area (Å²) in [5.41, 5.74) is 2.98. The highest BCUT2D eigenvalue weighted by atomic mass is 16.5. The Morgan fingerprint density at radius 1 is 1.24 bits per heavy atom. The lowest BCUT2D eigenvalue weighted by Crippen LogP contribution is -2.50. The van der Waals surface area contributed by atoms with E-state index in [1.165, 1.54) is 11.1 Å². The van der Waals surface area contributed by atoms with E-state index in [1.54, 1.807) is 7.11 Å². The molecule has 0 radical (unpaired) electrons. The first-order valence-corrected chi connectivity index (χ1v) is 9.40. The van der Waals surface area contributed by atoms with Crippen LogP contribution in [0.15, 0.2) is 29.3 Å². The van der Waals surface area contributed by atoms with Crippen molar-refractivity contribution in [3.63, 3.8) is 0 Å². The van der Waals surface area contributed by atoms with E-state index in [2.05, 4.69) is 58.6 Å². The quantitative estimate of drug-likeness (QED) is 0.431. The Bertz CT molecular complexity index is 544. The van der Waals surface area contributed by atoms with Gasteiger partial charge in [-0.25, -0.2) is 0 Å². The number of fused-ring (bicyclic) bond motifs is 1. The van der Waals surface area contributed by atoms with Crippen LogP contribution in [0.2, 0.25) is 0 Å². The summed E-state index contributed by atoms with van der Waals surface area (Å²) < 4.78 is 5.09. The van der Waals surface area contributed by atoms with Crippen LogP contribution in [0.25, 0.3) is 0 Å². The molecule has 0 bridgehead atoms. The van der Waals surface area contributed by atoms with Gasteiger partial charge in [0, 0.05) is 53.0 Å². The summed E-state index contributed by atoms with van der Waals surface area (Å²) in [6, 6.07) is 9.32. The van der Waals surface area contributed by atoms with Gasteiger partial charge < -0.3 is 15.4 Å². The van der Waals surface area contributed by atoms with Gasteiger partial charge in [0.25, 0.3) is 0 Å². The van der Waals surface area contributed by atoms with Crippen molar-refractivity contribution in [1.82, 2.24) is 15.5 Å². The molecule has 0 spiro atoms. The third-order valence-corrected chi connectivity index (χ3v) is 4.92. The van der Waals surface area contributed by atoms with Crippen molar-refractivity contribution >= 4 is 5.96 Å². The number of benzene rings is 1. The lowest BCUT2D eigenvalue weighted by atomic mass is 9.95. The number of rotatable bonds is 8. The van der Waals surface area contributed by atoms with Gasteiger partial charge in [0.1, 0.15) is 0 Å². The fourth-order valence-electron chi connectivity index (χ4n) is 3.43. The number of nitrogens with zero attached hydrogens (tertiary/aromatic N) is 2. The monoisotopic (exact) mass is 346 g/mol. The van der Waals surface area contributed by atoms with Crippen LogP contribution in [-0.4, -0.2) is 57.3 Å². The first-order valence-electron chi connectivity index (χ1n) is 9.40. The van der Waals surface area contributed by atoms with Crippen LogP contribution in [0.3, 0.4) is 0 Å². The van der Waals surface area contributed by atoms with Crippen LogP contribution in [-0.2, 0) is 17.7 Å². The Morgan fingerprint density at radius 2 is 2.00 bits per heavy atom. The molecule has 140 valence electrons. The number of hydrogen-bond acceptors (Lipinski definition) is 3. The Kier molecular flexibility index (Phi) is 8.22. The molecule has 1 unspecified atom stereocenters. The maximum absolute atomic E-state index is 5.09. The first kappa shape index (κ1) is 19.7. The molecule has 1 aromatic carbocycles. The summed E-state index contributed by atoms with van der Waals surface area (Å²) in [7, 11) is 3.56. The molecule has 5 heteroatoms. The maximum atomic E-state index is 5.09. The molecule has 1 aromatic rings. The fourth-order valence-corrected chi connectivity index (χ4v) is 3.43. The highest BCUT2D eigenvalue weighted by Crippen LogP contribution is 2.22. The highest BCUT2D eigenvalue weighted by molar-refractivity contribution is 5.79. The molecule has 0 amide bonds. The van der Waals surface area contributed by atoms with Crippen LogP contribution in [0.1, 0.15) is 31.4 Å². The molecule has 0 saturated heterocycles. The van der Waals surface area contributed by atoms with Gasteiger partial charge in [-0.15, -0.1) is 0 Å². The van der Waals surface area contributed by atoms with Crippen LogP contribution >= 0.6 is 0 Å². The van der Waals surface area contributed by atoms with Gasteiger partial charge in [-0.05, 0) is 29.9 Å². The molecule has 0 saturated carbocycles. The highest BCUT2D eigenvalue weighted by Gasteiger charge is 2.25. The largest absolute Gasteiger partial charge is 0.385 e. The Morgan fingerprint density at radius 3 is 2.68 bits per heavy atom. The van der Waals surface area contributed by atoms with Crippen molar-refractivity contribution in [2.45, 2.75) is 39.3 Å². The molecule has 2 rings (SSSR count). The minimum Gasteiger partial charge on any atom is -0.385 e. The molecule has 5 nitrogen and oxygen atoms in total. The van der Waals surface area contributed by atoms with Gasteiger partial charge in [0.05, 0.1) is 0 Å². The Balaban J connectivity index is 1.88. The topological polar surface area (TPSA) is 48.9 Å². The second kappa shape index (κ2) is 10.4. The normalized spacial score (nSPS) is 16.6. The van der Waals surface area contributed by atoms with E-state index in [1.807, 2.05) is 7.05 Å². The maximum Gasteiger partial charge on any atom is 0.191 e. The number of nitrogens with one attached hydrogen (secondary N) is 2. The number of methoxy groups -OCH3 is 1. The summed E-state index contributed by atoms with van der Waals surface area (Å²) in [5, 5.41) is 6.86. The SMILES string of the molecule is CN=C(NCCCOC)NCC(C(C)C)N1CCc2ccccc2C1. The van der Waals surface area contributed by atoms with Gasteiger partial charge >= 0.3 is 0 Å². The number of guanidine groups is 1. The van der Waals surface area contributed by atoms with Crippen LogP contribution < -0.4 is 10.6 Å². The summed E-state index contributed by atoms with van der Waals surface area (Å²) >= 11 is 0. The number of ether oxygens (including phenoxy) is 1. The summed E-state index contributed by atoms with van der Waals surface area (Å²) in [6.45, 7) is 9.33. The van der Waals surface area contributed by atoms with E-state index < -0.39 is 0 Å². The summed E-state index contributed by atoms with van der Waals surface area (Å²) in [6.07, 6.45) is 2.12. The molecule has 0 fully saturated rings. The van der Waals surface area contributed by atoms with Gasteiger partial charge in [-0.2, -0.15) is 0 Å². The molecule has 1 heterocycles. The minimum absolute atomic E-state index is 0.492. The second-order valence-corrected chi connectivity index (χ2v) is 7.03. The standard InChI is InChI=1S/C20H34N4O/c1-16(2)19(14-23-20(21-3)22-11-7-13-25-4)24-12-10-17-8-5-6-9-18(17)15-24/h5-6,8-9,16,19H,7,10-15H2,1-4H3,(H2,21,22,23). The van der Waals surface area contributed by atoms with Crippen molar-refractivity contribution in [1.29, 1.82) is 0 Å². The molecule has 0 aliphatic carbocycles. The lowest BCUT2D eigenvalue weighted by Gasteiger charge is -2.38. The van der Waals surface area contributed by atoms with Crippen molar-refractivity contribution in [3.05, 3.63) is 35.4 Å². The zero-order chi connectivity index (χ0) is 18.1. The average molecular weight is 347 g/mol. The number of hydrogen-bond donors (Lipinski definition) is 2. The van der Waals surface area contributed by atoms with Gasteiger partial charge in [0.2, 0.25) is 0 Å². The predicted molar refractivity (Wildman–Crippen MR) is 105 cm³/mol. The van der Waals surface area contributed by atoms with E-state index >= 15 is 0 Å². The first-order chi connectivity index (χ1) is 12.2. The summed E-state index contributed by atoms with van der Waals surface area (Å²) in [4.78, 5) is 6.94. The van der Waals surface area contributed by atoms with Crippen molar-refractivity contribution in [2.24, 2.45) is 10.9 Å². The van der Waals surface area contributed by atoms with E-state index in [-0.39, 0.29) is 0 Å². The van der Waals surface area contributed by atoms with Crippen LogP contribution in [0.5, 0.6) is 0 Å². The van der Waals surface area contributed by atoms with E-state index in [0.29, 0.717) is 12.0 Å². The van der Waals surface area contributed by atoms with Crippen molar-refractivity contribution < 1.29 is 4.74 Å². The van der Waals surface area contributed by atoms with Crippen molar-refractivity contribution in [2.75, 3.05) is 40.4 Å². The molecule has 0 aromatic heterocycles. The molecule has 1 aliphatic rings. The average Bonchev–Trinajstić information content (AvgIpc) is 2.63. The van der Waals surface area contributed by atoms with Crippen LogP contribution in [0.4, 0.5) is 0 Å². The zero-order valence-electron chi connectivity index (χ0n) is 16.2. The van der Waals surface area contributed by atoms with E-state index in [0.717, 1.165) is 51.6 Å². The minimum atomic E-state index is 0.492. The van der Waals surface area contributed by atoms with E-state index in [4.69, 9.17) is 4.74 Å². The van der Waals surface area contributed by atoms with Gasteiger partial charge in [0.15, 0.2) is 5.96 Å². The second-order valence-electron chi connectivity index (χ2n) is 7.03. The number of aliphatic imine (C=N–C) groups is 1. The molecule has 25 heavy (non-hydrogen) atoms. The zero-order valence-corrected chi connectivity index (χ0v) is 16.2. The van der Waals surface area contributed by atoms with Gasteiger partial charge in [-0.3, -0.25) is 9.89 Å². The smallest absolute Gasteiger partial charge is 0.191 e.